The maximum absolute atomic E-state index is 13.3. The van der Waals surface area contributed by atoms with Crippen LogP contribution in [0.3, 0.4) is 0 Å². The predicted octanol–water partition coefficient (Wildman–Crippen LogP) is 2.22. The number of rotatable bonds is 2. The first-order valence-electron chi connectivity index (χ1n) is 7.50. The van der Waals surface area contributed by atoms with Crippen LogP contribution in [0.1, 0.15) is 13.3 Å². The molecule has 2 rings (SSSR count). The Morgan fingerprint density at radius 2 is 2.09 bits per heavy atom. The fourth-order valence-corrected chi connectivity index (χ4v) is 3.26. The Kier molecular flexibility index (Phi) is 5.59. The Balaban J connectivity index is 2.02. The van der Waals surface area contributed by atoms with Gasteiger partial charge in [-0.1, -0.05) is 18.5 Å². The number of piperidine rings is 1. The number of carbonyl (C=O) groups is 2. The van der Waals surface area contributed by atoms with E-state index in [4.69, 9.17) is 11.6 Å². The second-order valence-electron chi connectivity index (χ2n) is 6.12. The standard InChI is InChI=1S/C16H21ClFN3O2/c1-10-9-20(2)5-4-14(10)21(3)16(23)15(22)19-13-7-11(17)6-12(18)8-13/h6-8,10,14H,4-5,9H2,1-3H3,(H,19,22)/t10-,14+/m1/s1. The number of halogens is 2. The maximum atomic E-state index is 13.3. The van der Waals surface area contributed by atoms with E-state index in [0.717, 1.165) is 31.6 Å². The van der Waals surface area contributed by atoms with Gasteiger partial charge in [-0.15, -0.1) is 0 Å². The summed E-state index contributed by atoms with van der Waals surface area (Å²) in [5.41, 5.74) is 0.165. The van der Waals surface area contributed by atoms with Crippen LogP contribution in [0.4, 0.5) is 10.1 Å². The molecule has 5 nitrogen and oxygen atoms in total. The van der Waals surface area contributed by atoms with Gasteiger partial charge in [0.2, 0.25) is 0 Å². The van der Waals surface area contributed by atoms with Gasteiger partial charge < -0.3 is 15.1 Å². The Morgan fingerprint density at radius 1 is 1.39 bits per heavy atom. The molecule has 1 fully saturated rings. The number of amides is 2. The van der Waals surface area contributed by atoms with Gasteiger partial charge in [0.05, 0.1) is 0 Å². The molecule has 1 aromatic carbocycles. The van der Waals surface area contributed by atoms with Crippen LogP contribution in [0.2, 0.25) is 5.02 Å². The molecule has 0 spiro atoms. The van der Waals surface area contributed by atoms with Crippen LogP contribution >= 0.6 is 11.6 Å². The lowest BCUT2D eigenvalue weighted by molar-refractivity contribution is -0.145. The molecule has 23 heavy (non-hydrogen) atoms. The van der Waals surface area contributed by atoms with Crippen molar-refractivity contribution < 1.29 is 14.0 Å². The minimum Gasteiger partial charge on any atom is -0.334 e. The van der Waals surface area contributed by atoms with Crippen molar-refractivity contribution in [1.82, 2.24) is 9.80 Å². The zero-order valence-electron chi connectivity index (χ0n) is 13.5. The van der Waals surface area contributed by atoms with E-state index >= 15 is 0 Å². The third kappa shape index (κ3) is 4.42. The number of likely N-dealkylation sites (N-methyl/N-ethyl adjacent to an activating group) is 1. The first-order valence-corrected chi connectivity index (χ1v) is 7.88. The van der Waals surface area contributed by atoms with Gasteiger partial charge in [0.25, 0.3) is 0 Å². The van der Waals surface area contributed by atoms with Gasteiger partial charge in [-0.2, -0.15) is 0 Å². The third-order valence-corrected chi connectivity index (χ3v) is 4.41. The van der Waals surface area contributed by atoms with E-state index in [9.17, 15) is 14.0 Å². The number of nitrogens with one attached hydrogen (secondary N) is 1. The van der Waals surface area contributed by atoms with Crippen LogP contribution in [-0.4, -0.2) is 54.8 Å². The summed E-state index contributed by atoms with van der Waals surface area (Å²) in [7, 11) is 3.67. The monoisotopic (exact) mass is 341 g/mol. The molecule has 0 saturated carbocycles. The number of nitrogens with zero attached hydrogens (tertiary/aromatic N) is 2. The van der Waals surface area contributed by atoms with E-state index in [0.29, 0.717) is 0 Å². The van der Waals surface area contributed by atoms with E-state index in [2.05, 4.69) is 17.1 Å². The fraction of sp³-hybridized carbons (Fsp3) is 0.500. The largest absolute Gasteiger partial charge is 0.334 e. The van der Waals surface area contributed by atoms with E-state index in [1.54, 1.807) is 7.05 Å². The minimum absolute atomic E-state index is 0.0144. The highest BCUT2D eigenvalue weighted by Gasteiger charge is 2.32. The van der Waals surface area contributed by atoms with E-state index in [1.165, 1.54) is 11.0 Å². The lowest BCUT2D eigenvalue weighted by atomic mass is 9.93. The molecule has 1 heterocycles. The lowest BCUT2D eigenvalue weighted by Gasteiger charge is -2.39. The molecule has 0 unspecified atom stereocenters. The Hall–Kier alpha value is -1.66. The third-order valence-electron chi connectivity index (χ3n) is 4.20. The quantitative estimate of drug-likeness (QED) is 0.839. The van der Waals surface area contributed by atoms with E-state index in [-0.39, 0.29) is 22.7 Å². The molecular weight excluding hydrogens is 321 g/mol. The SMILES string of the molecule is C[C@@H]1CN(C)CC[C@@H]1N(C)C(=O)C(=O)Nc1cc(F)cc(Cl)c1. The first kappa shape index (κ1) is 17.7. The second kappa shape index (κ2) is 7.27. The van der Waals surface area contributed by atoms with Gasteiger partial charge in [-0.3, -0.25) is 9.59 Å². The average Bonchev–Trinajstić information content (AvgIpc) is 2.44. The molecule has 1 aliphatic heterocycles. The molecule has 1 N–H and O–H groups in total. The number of hydrogen-bond donors (Lipinski definition) is 1. The van der Waals surface area contributed by atoms with Crippen molar-refractivity contribution in [1.29, 1.82) is 0 Å². The van der Waals surface area contributed by atoms with Crippen molar-refractivity contribution in [2.24, 2.45) is 5.92 Å². The summed E-state index contributed by atoms with van der Waals surface area (Å²) in [4.78, 5) is 28.1. The zero-order valence-corrected chi connectivity index (χ0v) is 14.2. The molecule has 1 saturated heterocycles. The summed E-state index contributed by atoms with van der Waals surface area (Å²) >= 11 is 5.74. The topological polar surface area (TPSA) is 52.7 Å². The summed E-state index contributed by atoms with van der Waals surface area (Å²) in [6.45, 7) is 3.82. The molecule has 0 radical (unpaired) electrons. The average molecular weight is 342 g/mol. The van der Waals surface area contributed by atoms with Gasteiger partial charge in [0.1, 0.15) is 5.82 Å². The second-order valence-corrected chi connectivity index (χ2v) is 6.56. The molecule has 0 bridgehead atoms. The van der Waals surface area contributed by atoms with Crippen LogP contribution in [0, 0.1) is 11.7 Å². The fourth-order valence-electron chi connectivity index (χ4n) is 3.04. The normalized spacial score (nSPS) is 21.8. The van der Waals surface area contributed by atoms with Crippen molar-refractivity contribution in [2.75, 3.05) is 32.5 Å². The Labute approximate surface area is 140 Å². The predicted molar refractivity (Wildman–Crippen MR) is 87.9 cm³/mol. The Bertz CT molecular complexity index is 591. The highest BCUT2D eigenvalue weighted by atomic mass is 35.5. The number of anilines is 1. The molecular formula is C16H21ClFN3O2. The van der Waals surface area contributed by atoms with Crippen LogP contribution < -0.4 is 5.32 Å². The molecule has 126 valence electrons. The smallest absolute Gasteiger partial charge is 0.313 e. The van der Waals surface area contributed by atoms with Gasteiger partial charge in [-0.05, 0) is 44.1 Å². The highest BCUT2D eigenvalue weighted by Crippen LogP contribution is 2.21. The number of benzene rings is 1. The van der Waals surface area contributed by atoms with Crippen LogP contribution in [-0.2, 0) is 9.59 Å². The Morgan fingerprint density at radius 3 is 2.70 bits per heavy atom. The molecule has 0 aliphatic carbocycles. The molecule has 1 aliphatic rings. The van der Waals surface area contributed by atoms with Crippen molar-refractivity contribution in [2.45, 2.75) is 19.4 Å². The minimum atomic E-state index is -0.791. The number of hydrogen-bond acceptors (Lipinski definition) is 3. The summed E-state index contributed by atoms with van der Waals surface area (Å²) in [6.07, 6.45) is 0.818. The van der Waals surface area contributed by atoms with E-state index in [1.807, 2.05) is 7.05 Å². The summed E-state index contributed by atoms with van der Waals surface area (Å²) < 4.78 is 13.3. The first-order chi connectivity index (χ1) is 10.8. The lowest BCUT2D eigenvalue weighted by Crippen LogP contribution is -2.52. The maximum Gasteiger partial charge on any atom is 0.313 e. The van der Waals surface area contributed by atoms with E-state index < -0.39 is 17.6 Å². The summed E-state index contributed by atoms with van der Waals surface area (Å²) in [6, 6.07) is 3.66. The molecule has 7 heteroatoms. The highest BCUT2D eigenvalue weighted by molar-refractivity contribution is 6.39. The molecule has 1 aromatic rings. The van der Waals surface area contributed by atoms with Crippen molar-refractivity contribution >= 4 is 29.1 Å². The van der Waals surface area contributed by atoms with Crippen LogP contribution in [0.25, 0.3) is 0 Å². The summed E-state index contributed by atoms with van der Waals surface area (Å²) in [5.74, 6) is -1.72. The molecule has 0 aromatic heterocycles. The van der Waals surface area contributed by atoms with Crippen molar-refractivity contribution in [3.8, 4) is 0 Å². The van der Waals surface area contributed by atoms with Gasteiger partial charge in [0.15, 0.2) is 0 Å². The summed E-state index contributed by atoms with van der Waals surface area (Å²) in [5, 5.41) is 2.56. The zero-order chi connectivity index (χ0) is 17.1. The van der Waals surface area contributed by atoms with Gasteiger partial charge in [0, 0.05) is 30.3 Å². The van der Waals surface area contributed by atoms with Crippen LogP contribution in [0.15, 0.2) is 18.2 Å². The number of carbonyl (C=O) groups excluding carboxylic acids is 2. The number of likely N-dealkylation sites (tertiary alicyclic amines) is 1. The van der Waals surface area contributed by atoms with Gasteiger partial charge in [-0.25, -0.2) is 4.39 Å². The van der Waals surface area contributed by atoms with Crippen molar-refractivity contribution in [3.05, 3.63) is 29.0 Å². The molecule has 2 atom stereocenters. The van der Waals surface area contributed by atoms with Crippen LogP contribution in [0.5, 0.6) is 0 Å². The van der Waals surface area contributed by atoms with Gasteiger partial charge >= 0.3 is 11.8 Å². The molecule has 2 amide bonds. The van der Waals surface area contributed by atoms with Crippen molar-refractivity contribution in [3.63, 3.8) is 0 Å².